The van der Waals surface area contributed by atoms with Crippen LogP contribution in [0.2, 0.25) is 0 Å². The van der Waals surface area contributed by atoms with E-state index in [0.29, 0.717) is 37.0 Å². The lowest BCUT2D eigenvalue weighted by Gasteiger charge is -2.34. The molecule has 0 aromatic heterocycles. The molecule has 0 bridgehead atoms. The molecule has 3 atom stereocenters. The Labute approximate surface area is 222 Å². The smallest absolute Gasteiger partial charge is 0.251 e. The maximum Gasteiger partial charge on any atom is 0.251 e. The van der Waals surface area contributed by atoms with E-state index in [1.165, 1.54) is 12.1 Å². The monoisotopic (exact) mass is 522 g/mol. The molecule has 11 heteroatoms. The molecule has 202 valence electrons. The lowest BCUT2D eigenvalue weighted by atomic mass is 10.1. The highest BCUT2D eigenvalue weighted by Gasteiger charge is 2.37. The first kappa shape index (κ1) is 26.1. The second-order valence-electron chi connectivity index (χ2n) is 10.1. The summed E-state index contributed by atoms with van der Waals surface area (Å²) in [5.41, 5.74) is 7.94. The standard InChI is InChI=1S/C27H35FN8O2/c1-34-13-15-35(16-14-34)27(38)24(3-2-12-29-25-17-23(25)19-4-8-21(28)9-5-19)31-26(37)20-6-10-22(11-7-20)36-18-30-32-33-36/h4-11,18,23-25,29,32-33H,2-3,12-17H2,1H3,(H,31,37)/t23-,24-,25+/m0/s1. The van der Waals surface area contributed by atoms with Gasteiger partial charge in [-0.25, -0.2) is 14.9 Å². The van der Waals surface area contributed by atoms with Gasteiger partial charge in [0.05, 0.1) is 5.69 Å². The fourth-order valence-corrected chi connectivity index (χ4v) is 4.94. The van der Waals surface area contributed by atoms with E-state index in [9.17, 15) is 14.0 Å². The molecule has 2 amide bonds. The highest BCUT2D eigenvalue weighted by molar-refractivity contribution is 5.98. The molecule has 1 saturated heterocycles. The molecule has 38 heavy (non-hydrogen) atoms. The molecule has 3 aliphatic rings. The summed E-state index contributed by atoms with van der Waals surface area (Å²) < 4.78 is 13.2. The van der Waals surface area contributed by atoms with Gasteiger partial charge < -0.3 is 20.4 Å². The van der Waals surface area contributed by atoms with Gasteiger partial charge in [0.2, 0.25) is 5.91 Å². The number of rotatable bonds is 10. The Bertz CT molecular complexity index is 1130. The van der Waals surface area contributed by atoms with Crippen LogP contribution in [0.4, 0.5) is 10.1 Å². The van der Waals surface area contributed by atoms with Gasteiger partial charge in [-0.1, -0.05) is 12.1 Å². The summed E-state index contributed by atoms with van der Waals surface area (Å²) in [4.78, 5) is 30.6. The van der Waals surface area contributed by atoms with Gasteiger partial charge in [0.25, 0.3) is 5.91 Å². The van der Waals surface area contributed by atoms with E-state index in [1.807, 2.05) is 36.2 Å². The second-order valence-corrected chi connectivity index (χ2v) is 10.1. The van der Waals surface area contributed by atoms with E-state index in [-0.39, 0.29) is 17.6 Å². The van der Waals surface area contributed by atoms with E-state index >= 15 is 0 Å². The van der Waals surface area contributed by atoms with Crippen molar-refractivity contribution >= 4 is 23.8 Å². The van der Waals surface area contributed by atoms with Crippen molar-refractivity contribution in [3.8, 4) is 0 Å². The number of carbonyl (C=O) groups excluding carboxylic acids is 2. The minimum atomic E-state index is -0.587. The molecule has 1 saturated carbocycles. The average Bonchev–Trinajstić information content (AvgIpc) is 3.49. The van der Waals surface area contributed by atoms with Gasteiger partial charge in [-0.2, -0.15) is 5.10 Å². The Hall–Kier alpha value is -3.54. The average molecular weight is 523 g/mol. The number of benzene rings is 2. The number of piperazine rings is 1. The largest absolute Gasteiger partial charge is 0.340 e. The van der Waals surface area contributed by atoms with Gasteiger partial charge in [-0.05, 0) is 74.8 Å². The van der Waals surface area contributed by atoms with Crippen LogP contribution in [-0.4, -0.2) is 79.8 Å². The van der Waals surface area contributed by atoms with Crippen molar-refractivity contribution in [2.75, 3.05) is 44.8 Å². The molecule has 1 aliphatic carbocycles. The number of hydrogen-bond donors (Lipinski definition) is 4. The van der Waals surface area contributed by atoms with Crippen LogP contribution in [0.5, 0.6) is 0 Å². The minimum Gasteiger partial charge on any atom is -0.340 e. The fourth-order valence-electron chi connectivity index (χ4n) is 4.94. The molecule has 2 aromatic rings. The first-order chi connectivity index (χ1) is 18.5. The summed E-state index contributed by atoms with van der Waals surface area (Å²) in [6.07, 6.45) is 3.92. The zero-order chi connectivity index (χ0) is 26.5. The summed E-state index contributed by atoms with van der Waals surface area (Å²) in [6, 6.07) is 13.6. The van der Waals surface area contributed by atoms with Crippen molar-refractivity contribution < 1.29 is 14.0 Å². The second kappa shape index (κ2) is 11.9. The Kier molecular flexibility index (Phi) is 8.16. The minimum absolute atomic E-state index is 0.0257. The molecule has 0 spiro atoms. The first-order valence-electron chi connectivity index (χ1n) is 13.2. The van der Waals surface area contributed by atoms with Crippen LogP contribution in [0.3, 0.4) is 0 Å². The van der Waals surface area contributed by atoms with Crippen molar-refractivity contribution in [3.63, 3.8) is 0 Å². The van der Waals surface area contributed by atoms with Crippen molar-refractivity contribution in [1.29, 1.82) is 0 Å². The maximum atomic E-state index is 13.4. The quantitative estimate of drug-likeness (QED) is 0.350. The molecule has 2 fully saturated rings. The number of hydrazone groups is 1. The predicted octanol–water partition coefficient (Wildman–Crippen LogP) is 1.40. The van der Waals surface area contributed by atoms with Crippen LogP contribution in [0.15, 0.2) is 53.6 Å². The highest BCUT2D eigenvalue weighted by Crippen LogP contribution is 2.40. The summed E-state index contributed by atoms with van der Waals surface area (Å²) in [7, 11) is 2.05. The molecule has 2 heterocycles. The topological polar surface area (TPSA) is 104 Å². The summed E-state index contributed by atoms with van der Waals surface area (Å²) >= 11 is 0. The number of halogens is 1. The van der Waals surface area contributed by atoms with Gasteiger partial charge in [0.15, 0.2) is 0 Å². The SMILES string of the molecule is CN1CCN(C(=O)[C@H](CCCN[C@@H]2C[C@H]2c2ccc(F)cc2)NC(=O)c2ccc(N3C=NNN3)cc2)CC1. The van der Waals surface area contributed by atoms with Crippen molar-refractivity contribution in [3.05, 3.63) is 65.5 Å². The number of carbonyl (C=O) groups is 2. The number of nitrogens with one attached hydrogen (secondary N) is 4. The summed E-state index contributed by atoms with van der Waals surface area (Å²) in [5, 5.41) is 12.1. The number of anilines is 1. The summed E-state index contributed by atoms with van der Waals surface area (Å²) in [6.45, 7) is 3.72. The number of likely N-dealkylation sites (N-methyl/N-ethyl adjacent to an activating group) is 1. The zero-order valence-corrected chi connectivity index (χ0v) is 21.6. The highest BCUT2D eigenvalue weighted by atomic mass is 19.1. The molecule has 4 N–H and O–H groups in total. The molecule has 10 nitrogen and oxygen atoms in total. The van der Waals surface area contributed by atoms with Crippen molar-refractivity contribution in [2.24, 2.45) is 5.10 Å². The van der Waals surface area contributed by atoms with Gasteiger partial charge in [0.1, 0.15) is 18.2 Å². The van der Waals surface area contributed by atoms with E-state index < -0.39 is 6.04 Å². The van der Waals surface area contributed by atoms with E-state index in [0.717, 1.165) is 43.7 Å². The molecular weight excluding hydrogens is 487 g/mol. The van der Waals surface area contributed by atoms with E-state index in [1.54, 1.807) is 23.5 Å². The number of hydrogen-bond acceptors (Lipinski definition) is 8. The lowest BCUT2D eigenvalue weighted by molar-refractivity contribution is -0.135. The van der Waals surface area contributed by atoms with Crippen LogP contribution >= 0.6 is 0 Å². The van der Waals surface area contributed by atoms with Crippen LogP contribution in [0.25, 0.3) is 0 Å². The molecule has 0 unspecified atom stereocenters. The molecule has 2 aliphatic heterocycles. The number of nitrogens with zero attached hydrogens (tertiary/aromatic N) is 4. The predicted molar refractivity (Wildman–Crippen MR) is 144 cm³/mol. The third-order valence-electron chi connectivity index (χ3n) is 7.40. The summed E-state index contributed by atoms with van der Waals surface area (Å²) in [5.74, 6) is -0.110. The fraction of sp³-hybridized carbons (Fsp3) is 0.444. The normalized spacial score (nSPS) is 21.7. The molecule has 0 radical (unpaired) electrons. The molecule has 2 aromatic carbocycles. The third kappa shape index (κ3) is 6.47. The van der Waals surface area contributed by atoms with Crippen molar-refractivity contribution in [1.82, 2.24) is 31.5 Å². The Morgan fingerprint density at radius 2 is 1.82 bits per heavy atom. The lowest BCUT2D eigenvalue weighted by Crippen LogP contribution is -2.54. The third-order valence-corrected chi connectivity index (χ3v) is 7.40. The van der Waals surface area contributed by atoms with Crippen LogP contribution in [0, 0.1) is 5.82 Å². The van der Waals surface area contributed by atoms with Crippen LogP contribution in [0.1, 0.15) is 41.1 Å². The van der Waals surface area contributed by atoms with Crippen molar-refractivity contribution in [2.45, 2.75) is 37.3 Å². The molecule has 5 rings (SSSR count). The zero-order valence-electron chi connectivity index (χ0n) is 21.6. The van der Waals surface area contributed by atoms with Gasteiger partial charge in [-0.3, -0.25) is 9.59 Å². The van der Waals surface area contributed by atoms with E-state index in [2.05, 4.69) is 31.7 Å². The van der Waals surface area contributed by atoms with Crippen LogP contribution in [-0.2, 0) is 4.79 Å². The van der Waals surface area contributed by atoms with Crippen LogP contribution < -0.4 is 26.7 Å². The Morgan fingerprint density at radius 3 is 2.50 bits per heavy atom. The van der Waals surface area contributed by atoms with Gasteiger partial charge in [0, 0.05) is 43.7 Å². The number of amides is 2. The maximum absolute atomic E-state index is 13.4. The Balaban J connectivity index is 1.15. The van der Waals surface area contributed by atoms with E-state index in [4.69, 9.17) is 0 Å². The molecular formula is C27H35FN8O2. The van der Waals surface area contributed by atoms with Gasteiger partial charge >= 0.3 is 0 Å². The number of hydrazine groups is 2. The Morgan fingerprint density at radius 1 is 1.08 bits per heavy atom. The van der Waals surface area contributed by atoms with Gasteiger partial charge in [-0.15, -0.1) is 5.53 Å². The first-order valence-corrected chi connectivity index (χ1v) is 13.2.